The zero-order valence-corrected chi connectivity index (χ0v) is 9.49. The monoisotopic (exact) mass is 229 g/mol. The molecule has 3 heterocycles. The van der Waals surface area contributed by atoms with Crippen molar-refractivity contribution in [2.45, 2.75) is 6.92 Å². The summed E-state index contributed by atoms with van der Waals surface area (Å²) in [4.78, 5) is 12.7. The second-order valence-electron chi connectivity index (χ2n) is 3.84. The molecule has 7 nitrogen and oxygen atoms in total. The number of hydrogen-bond donors (Lipinski definition) is 1. The number of rotatable bonds is 1. The van der Waals surface area contributed by atoms with Gasteiger partial charge in [-0.25, -0.2) is 9.67 Å². The maximum Gasteiger partial charge on any atom is 0.254 e. The van der Waals surface area contributed by atoms with Gasteiger partial charge in [0.25, 0.3) is 5.95 Å². The van der Waals surface area contributed by atoms with Crippen molar-refractivity contribution in [3.05, 3.63) is 24.3 Å². The van der Waals surface area contributed by atoms with Gasteiger partial charge in [-0.05, 0) is 13.0 Å². The fourth-order valence-corrected chi connectivity index (χ4v) is 1.65. The fraction of sp³-hybridized carbons (Fsp3) is 0.200. The Hall–Kier alpha value is -2.44. The summed E-state index contributed by atoms with van der Waals surface area (Å²) in [6.07, 6.45) is 3.46. The molecule has 0 aliphatic rings. The molecule has 0 aromatic carbocycles. The standard InChI is InChI=1S/C10H11N7/c1-6-3-4-17(15-6)10-13-8(11)7-9(14-10)16(2)5-12-7/h3-5H,1-2H3,(H2,11,13,14). The molecule has 0 amide bonds. The fourth-order valence-electron chi connectivity index (χ4n) is 1.65. The van der Waals surface area contributed by atoms with Crippen LogP contribution in [0.5, 0.6) is 0 Å². The van der Waals surface area contributed by atoms with Gasteiger partial charge in [0.2, 0.25) is 0 Å². The summed E-state index contributed by atoms with van der Waals surface area (Å²) in [5.74, 6) is 0.811. The van der Waals surface area contributed by atoms with E-state index < -0.39 is 0 Å². The summed E-state index contributed by atoms with van der Waals surface area (Å²) in [6, 6.07) is 1.88. The van der Waals surface area contributed by atoms with Gasteiger partial charge in [-0.3, -0.25) is 0 Å². The predicted octanol–water partition coefficient (Wildman–Crippen LogP) is 0.440. The second kappa shape index (κ2) is 3.27. The van der Waals surface area contributed by atoms with Crippen LogP contribution in [-0.4, -0.2) is 29.3 Å². The van der Waals surface area contributed by atoms with Crippen LogP contribution in [0.1, 0.15) is 5.69 Å². The topological polar surface area (TPSA) is 87.4 Å². The van der Waals surface area contributed by atoms with E-state index in [2.05, 4.69) is 20.1 Å². The molecule has 3 aromatic rings. The third kappa shape index (κ3) is 1.43. The Balaban J connectivity index is 2.27. The van der Waals surface area contributed by atoms with Crippen LogP contribution in [0.25, 0.3) is 17.1 Å². The van der Waals surface area contributed by atoms with E-state index in [1.54, 1.807) is 21.8 Å². The van der Waals surface area contributed by atoms with Crippen LogP contribution < -0.4 is 5.73 Å². The molecule has 0 atom stereocenters. The third-order valence-corrected chi connectivity index (χ3v) is 2.50. The van der Waals surface area contributed by atoms with Crippen LogP contribution in [0.15, 0.2) is 18.6 Å². The highest BCUT2D eigenvalue weighted by atomic mass is 15.4. The first-order chi connectivity index (χ1) is 8.15. The molecular formula is C10H11N7. The lowest BCUT2D eigenvalue weighted by atomic mass is 10.5. The number of imidazole rings is 1. The van der Waals surface area contributed by atoms with Gasteiger partial charge in [-0.15, -0.1) is 0 Å². The number of nitrogen functional groups attached to an aromatic ring is 1. The van der Waals surface area contributed by atoms with Crippen LogP contribution in [0.3, 0.4) is 0 Å². The molecule has 0 aliphatic heterocycles. The van der Waals surface area contributed by atoms with Crippen LogP contribution in [0, 0.1) is 6.92 Å². The lowest BCUT2D eigenvalue weighted by molar-refractivity contribution is 0.798. The average Bonchev–Trinajstić information content (AvgIpc) is 2.87. The molecule has 3 aromatic heterocycles. The van der Waals surface area contributed by atoms with E-state index in [0.29, 0.717) is 22.9 Å². The molecule has 0 unspecified atom stereocenters. The molecular weight excluding hydrogens is 218 g/mol. The minimum absolute atomic E-state index is 0.360. The highest BCUT2D eigenvalue weighted by Crippen LogP contribution is 2.16. The van der Waals surface area contributed by atoms with Gasteiger partial charge in [0.05, 0.1) is 12.0 Å². The van der Waals surface area contributed by atoms with Crippen LogP contribution in [0.2, 0.25) is 0 Å². The Kier molecular flexibility index (Phi) is 1.88. The molecule has 86 valence electrons. The molecule has 7 heteroatoms. The van der Waals surface area contributed by atoms with Gasteiger partial charge >= 0.3 is 0 Å². The van der Waals surface area contributed by atoms with Gasteiger partial charge in [-0.1, -0.05) is 0 Å². The van der Waals surface area contributed by atoms with E-state index >= 15 is 0 Å². The van der Waals surface area contributed by atoms with Crippen molar-refractivity contribution in [3.63, 3.8) is 0 Å². The minimum atomic E-state index is 0.360. The van der Waals surface area contributed by atoms with Crippen LogP contribution in [-0.2, 0) is 7.05 Å². The third-order valence-electron chi connectivity index (χ3n) is 2.50. The maximum absolute atomic E-state index is 5.85. The van der Waals surface area contributed by atoms with Crippen molar-refractivity contribution >= 4 is 17.0 Å². The molecule has 0 radical (unpaired) electrons. The quantitative estimate of drug-likeness (QED) is 0.654. The maximum atomic E-state index is 5.85. The average molecular weight is 229 g/mol. The molecule has 0 saturated heterocycles. The largest absolute Gasteiger partial charge is 0.382 e. The highest BCUT2D eigenvalue weighted by molar-refractivity contribution is 5.82. The zero-order chi connectivity index (χ0) is 12.0. The summed E-state index contributed by atoms with van der Waals surface area (Å²) in [5.41, 5.74) is 8.05. The first kappa shape index (κ1) is 9.76. The number of hydrogen-bond acceptors (Lipinski definition) is 5. The Labute approximate surface area is 96.9 Å². The molecule has 17 heavy (non-hydrogen) atoms. The van der Waals surface area contributed by atoms with Crippen LogP contribution in [0.4, 0.5) is 5.82 Å². The Morgan fingerprint density at radius 1 is 1.29 bits per heavy atom. The molecule has 0 aliphatic carbocycles. The zero-order valence-electron chi connectivity index (χ0n) is 9.49. The number of anilines is 1. The van der Waals surface area contributed by atoms with E-state index in [1.165, 1.54) is 0 Å². The van der Waals surface area contributed by atoms with E-state index in [9.17, 15) is 0 Å². The lowest BCUT2D eigenvalue weighted by Gasteiger charge is -2.02. The lowest BCUT2D eigenvalue weighted by Crippen LogP contribution is -2.06. The Morgan fingerprint density at radius 2 is 2.12 bits per heavy atom. The first-order valence-corrected chi connectivity index (χ1v) is 5.12. The van der Waals surface area contributed by atoms with Gasteiger partial charge in [0.15, 0.2) is 11.5 Å². The number of fused-ring (bicyclic) bond motifs is 1. The smallest absolute Gasteiger partial charge is 0.254 e. The number of aryl methyl sites for hydroxylation is 2. The number of nitrogens with zero attached hydrogens (tertiary/aromatic N) is 6. The Morgan fingerprint density at radius 3 is 2.82 bits per heavy atom. The van der Waals surface area contributed by atoms with Crippen molar-refractivity contribution < 1.29 is 0 Å². The number of nitrogens with two attached hydrogens (primary N) is 1. The van der Waals surface area contributed by atoms with Gasteiger partial charge < -0.3 is 10.3 Å². The normalized spacial score (nSPS) is 11.2. The minimum Gasteiger partial charge on any atom is -0.382 e. The molecule has 0 fully saturated rings. The van der Waals surface area contributed by atoms with E-state index in [1.807, 2.05) is 20.0 Å². The van der Waals surface area contributed by atoms with Crippen molar-refractivity contribution in [2.75, 3.05) is 5.73 Å². The van der Waals surface area contributed by atoms with Gasteiger partial charge in [0.1, 0.15) is 5.52 Å². The highest BCUT2D eigenvalue weighted by Gasteiger charge is 2.11. The second-order valence-corrected chi connectivity index (χ2v) is 3.84. The van der Waals surface area contributed by atoms with Crippen molar-refractivity contribution in [2.24, 2.45) is 7.05 Å². The van der Waals surface area contributed by atoms with Crippen molar-refractivity contribution in [3.8, 4) is 5.95 Å². The molecule has 0 saturated carbocycles. The molecule has 2 N–H and O–H groups in total. The number of aromatic nitrogens is 6. The van der Waals surface area contributed by atoms with Crippen molar-refractivity contribution in [1.29, 1.82) is 0 Å². The summed E-state index contributed by atoms with van der Waals surface area (Å²) in [5, 5.41) is 4.25. The van der Waals surface area contributed by atoms with E-state index in [0.717, 1.165) is 5.69 Å². The van der Waals surface area contributed by atoms with Gasteiger partial charge in [-0.2, -0.15) is 15.1 Å². The molecule has 3 rings (SSSR count). The SMILES string of the molecule is Cc1ccn(-c2nc(N)c3ncn(C)c3n2)n1. The van der Waals surface area contributed by atoms with Crippen LogP contribution >= 0.6 is 0 Å². The summed E-state index contributed by atoms with van der Waals surface area (Å²) >= 11 is 0. The first-order valence-electron chi connectivity index (χ1n) is 5.12. The molecule has 0 bridgehead atoms. The van der Waals surface area contributed by atoms with E-state index in [4.69, 9.17) is 5.73 Å². The van der Waals surface area contributed by atoms with E-state index in [-0.39, 0.29) is 0 Å². The predicted molar refractivity (Wildman–Crippen MR) is 62.6 cm³/mol. The molecule has 0 spiro atoms. The summed E-state index contributed by atoms with van der Waals surface area (Å²) in [7, 11) is 1.86. The van der Waals surface area contributed by atoms with Gasteiger partial charge in [0, 0.05) is 13.2 Å². The summed E-state index contributed by atoms with van der Waals surface area (Å²) in [6.45, 7) is 1.91. The Bertz CT molecular complexity index is 694. The summed E-state index contributed by atoms with van der Waals surface area (Å²) < 4.78 is 3.39. The van der Waals surface area contributed by atoms with Crippen molar-refractivity contribution in [1.82, 2.24) is 29.3 Å².